The normalized spacial score (nSPS) is 16.8. The van der Waals surface area contributed by atoms with Crippen molar-refractivity contribution in [3.63, 3.8) is 0 Å². The number of hydrogen-bond acceptors (Lipinski definition) is 4. The third-order valence-electron chi connectivity index (χ3n) is 2.98. The molecule has 0 spiro atoms. The Morgan fingerprint density at radius 2 is 2.19 bits per heavy atom. The maximum atomic E-state index is 8.70. The summed E-state index contributed by atoms with van der Waals surface area (Å²) in [5.74, 6) is 0.922. The first kappa shape index (κ1) is 10.9. The van der Waals surface area contributed by atoms with Crippen LogP contribution in [0.15, 0.2) is 18.3 Å². The SMILES string of the molecule is CN(c1ccc(C#N)cn1)C1CCOCC1. The molecule has 0 unspecified atom stereocenters. The first-order valence-corrected chi connectivity index (χ1v) is 5.48. The van der Waals surface area contributed by atoms with Crippen molar-refractivity contribution < 1.29 is 4.74 Å². The van der Waals surface area contributed by atoms with Gasteiger partial charge in [-0.3, -0.25) is 0 Å². The summed E-state index contributed by atoms with van der Waals surface area (Å²) in [5, 5.41) is 8.70. The van der Waals surface area contributed by atoms with E-state index in [0.29, 0.717) is 11.6 Å². The molecule has 0 radical (unpaired) electrons. The van der Waals surface area contributed by atoms with Gasteiger partial charge in [-0.05, 0) is 25.0 Å². The molecular weight excluding hydrogens is 202 g/mol. The number of ether oxygens (including phenoxy) is 1. The van der Waals surface area contributed by atoms with Crippen LogP contribution in [0.4, 0.5) is 5.82 Å². The second kappa shape index (κ2) is 4.95. The van der Waals surface area contributed by atoms with Crippen molar-refractivity contribution in [2.24, 2.45) is 0 Å². The predicted molar refractivity (Wildman–Crippen MR) is 61.2 cm³/mol. The lowest BCUT2D eigenvalue weighted by Gasteiger charge is -2.31. The highest BCUT2D eigenvalue weighted by Gasteiger charge is 2.19. The molecule has 4 heteroatoms. The highest BCUT2D eigenvalue weighted by molar-refractivity contribution is 5.42. The van der Waals surface area contributed by atoms with Crippen LogP contribution in [-0.4, -0.2) is 31.3 Å². The summed E-state index contributed by atoms with van der Waals surface area (Å²) in [7, 11) is 2.05. The number of hydrogen-bond donors (Lipinski definition) is 0. The Morgan fingerprint density at radius 3 is 2.75 bits per heavy atom. The predicted octanol–water partition coefficient (Wildman–Crippen LogP) is 1.57. The Bertz CT molecular complexity index is 376. The lowest BCUT2D eigenvalue weighted by molar-refractivity contribution is 0.0853. The number of nitriles is 1. The second-order valence-electron chi connectivity index (χ2n) is 3.97. The van der Waals surface area contributed by atoms with E-state index in [4.69, 9.17) is 10.00 Å². The van der Waals surface area contributed by atoms with Crippen LogP contribution >= 0.6 is 0 Å². The van der Waals surface area contributed by atoms with Crippen molar-refractivity contribution in [3.8, 4) is 6.07 Å². The van der Waals surface area contributed by atoms with Crippen LogP contribution in [0, 0.1) is 11.3 Å². The molecule has 0 saturated carbocycles. The van der Waals surface area contributed by atoms with Gasteiger partial charge >= 0.3 is 0 Å². The molecular formula is C12H15N3O. The summed E-state index contributed by atoms with van der Waals surface area (Å²) >= 11 is 0. The molecule has 1 aromatic rings. The summed E-state index contributed by atoms with van der Waals surface area (Å²) in [6, 6.07) is 6.27. The van der Waals surface area contributed by atoms with Gasteiger partial charge in [0, 0.05) is 32.5 Å². The number of nitrogens with zero attached hydrogens (tertiary/aromatic N) is 3. The zero-order chi connectivity index (χ0) is 11.4. The zero-order valence-corrected chi connectivity index (χ0v) is 9.39. The molecule has 0 atom stereocenters. The number of aromatic nitrogens is 1. The van der Waals surface area contributed by atoms with Crippen molar-refractivity contribution in [3.05, 3.63) is 23.9 Å². The van der Waals surface area contributed by atoms with E-state index in [2.05, 4.69) is 16.0 Å². The van der Waals surface area contributed by atoms with Crippen molar-refractivity contribution >= 4 is 5.82 Å². The van der Waals surface area contributed by atoms with Crippen LogP contribution in [0.25, 0.3) is 0 Å². The van der Waals surface area contributed by atoms with Gasteiger partial charge in [-0.15, -0.1) is 0 Å². The summed E-state index contributed by atoms with van der Waals surface area (Å²) < 4.78 is 5.33. The lowest BCUT2D eigenvalue weighted by Crippen LogP contribution is -2.37. The molecule has 0 aromatic carbocycles. The lowest BCUT2D eigenvalue weighted by atomic mass is 10.1. The maximum Gasteiger partial charge on any atom is 0.128 e. The molecule has 1 fully saturated rings. The fourth-order valence-electron chi connectivity index (χ4n) is 1.92. The average molecular weight is 217 g/mol. The van der Waals surface area contributed by atoms with E-state index >= 15 is 0 Å². The van der Waals surface area contributed by atoms with Gasteiger partial charge in [-0.25, -0.2) is 4.98 Å². The number of anilines is 1. The van der Waals surface area contributed by atoms with Crippen LogP contribution in [0.2, 0.25) is 0 Å². The highest BCUT2D eigenvalue weighted by Crippen LogP contribution is 2.19. The Labute approximate surface area is 95.5 Å². The Hall–Kier alpha value is -1.60. The molecule has 0 bridgehead atoms. The first-order chi connectivity index (χ1) is 7.81. The van der Waals surface area contributed by atoms with Gasteiger partial charge in [0.2, 0.25) is 0 Å². The van der Waals surface area contributed by atoms with Gasteiger partial charge in [0.25, 0.3) is 0 Å². The summed E-state index contributed by atoms with van der Waals surface area (Å²) in [6.07, 6.45) is 3.70. The summed E-state index contributed by atoms with van der Waals surface area (Å²) in [6.45, 7) is 1.65. The monoisotopic (exact) mass is 217 g/mol. The number of pyridine rings is 1. The topological polar surface area (TPSA) is 49.2 Å². The van der Waals surface area contributed by atoms with E-state index in [1.54, 1.807) is 12.3 Å². The average Bonchev–Trinajstić information content (AvgIpc) is 2.39. The van der Waals surface area contributed by atoms with Crippen molar-refractivity contribution in [1.29, 1.82) is 5.26 Å². The molecule has 1 aliphatic heterocycles. The molecule has 2 rings (SSSR count). The molecule has 16 heavy (non-hydrogen) atoms. The quantitative estimate of drug-likeness (QED) is 0.754. The third kappa shape index (κ3) is 2.31. The summed E-state index contributed by atoms with van der Waals surface area (Å²) in [4.78, 5) is 6.46. The Balaban J connectivity index is 2.07. The molecule has 0 N–H and O–H groups in total. The smallest absolute Gasteiger partial charge is 0.128 e. The fourth-order valence-corrected chi connectivity index (χ4v) is 1.92. The van der Waals surface area contributed by atoms with E-state index in [-0.39, 0.29) is 0 Å². The maximum absolute atomic E-state index is 8.70. The van der Waals surface area contributed by atoms with E-state index < -0.39 is 0 Å². The molecule has 1 aliphatic rings. The van der Waals surface area contributed by atoms with Crippen LogP contribution in [0.1, 0.15) is 18.4 Å². The molecule has 0 aliphatic carbocycles. The largest absolute Gasteiger partial charge is 0.381 e. The molecule has 1 aromatic heterocycles. The minimum atomic E-state index is 0.495. The van der Waals surface area contributed by atoms with Crippen LogP contribution in [0.5, 0.6) is 0 Å². The van der Waals surface area contributed by atoms with Gasteiger partial charge in [-0.2, -0.15) is 5.26 Å². The van der Waals surface area contributed by atoms with Gasteiger partial charge in [0.1, 0.15) is 11.9 Å². The van der Waals surface area contributed by atoms with Crippen molar-refractivity contribution in [1.82, 2.24) is 4.98 Å². The van der Waals surface area contributed by atoms with Gasteiger partial charge in [-0.1, -0.05) is 0 Å². The molecule has 4 nitrogen and oxygen atoms in total. The van der Waals surface area contributed by atoms with Crippen LogP contribution in [0.3, 0.4) is 0 Å². The first-order valence-electron chi connectivity index (χ1n) is 5.48. The molecule has 1 saturated heterocycles. The van der Waals surface area contributed by atoms with Gasteiger partial charge in [0.05, 0.1) is 5.56 Å². The summed E-state index contributed by atoms with van der Waals surface area (Å²) in [5.41, 5.74) is 0.601. The van der Waals surface area contributed by atoms with Gasteiger partial charge in [0.15, 0.2) is 0 Å². The van der Waals surface area contributed by atoms with E-state index in [0.717, 1.165) is 31.9 Å². The van der Waals surface area contributed by atoms with E-state index in [9.17, 15) is 0 Å². The molecule has 0 amide bonds. The zero-order valence-electron chi connectivity index (χ0n) is 9.39. The third-order valence-corrected chi connectivity index (χ3v) is 2.98. The van der Waals surface area contributed by atoms with Crippen molar-refractivity contribution in [2.75, 3.05) is 25.2 Å². The van der Waals surface area contributed by atoms with Gasteiger partial charge < -0.3 is 9.64 Å². The second-order valence-corrected chi connectivity index (χ2v) is 3.97. The van der Waals surface area contributed by atoms with Crippen LogP contribution < -0.4 is 4.90 Å². The molecule has 84 valence electrons. The highest BCUT2D eigenvalue weighted by atomic mass is 16.5. The minimum Gasteiger partial charge on any atom is -0.381 e. The standard InChI is InChI=1S/C12H15N3O/c1-15(11-4-6-16-7-5-11)12-3-2-10(8-13)9-14-12/h2-3,9,11H,4-7H2,1H3. The number of rotatable bonds is 2. The minimum absolute atomic E-state index is 0.495. The Morgan fingerprint density at radius 1 is 1.44 bits per heavy atom. The van der Waals surface area contributed by atoms with E-state index in [1.807, 2.05) is 13.1 Å². The van der Waals surface area contributed by atoms with Crippen LogP contribution in [-0.2, 0) is 4.74 Å². The Kier molecular flexibility index (Phi) is 3.37. The van der Waals surface area contributed by atoms with E-state index in [1.165, 1.54) is 0 Å². The fraction of sp³-hybridized carbons (Fsp3) is 0.500. The molecule has 2 heterocycles. The van der Waals surface area contributed by atoms with Crippen molar-refractivity contribution in [2.45, 2.75) is 18.9 Å².